The van der Waals surface area contributed by atoms with Crippen LogP contribution < -0.4 is 0 Å². The summed E-state index contributed by atoms with van der Waals surface area (Å²) in [5.74, 6) is 0. The van der Waals surface area contributed by atoms with E-state index in [1.807, 2.05) is 0 Å². The quantitative estimate of drug-likeness (QED) is 0.819. The molecule has 1 atom stereocenters. The standard InChI is InChI=1S/C10H8ClF2NO/c11-6-1-2-7-5(3-6)4-8(14-7)9(15)10(12)13/h1-4,9-10,14-15H. The number of aliphatic hydroxyl groups is 1. The Kier molecular flexibility index (Phi) is 2.63. The number of aliphatic hydroxyl groups excluding tert-OH is 1. The second-order valence-electron chi connectivity index (χ2n) is 3.24. The Morgan fingerprint density at radius 3 is 2.67 bits per heavy atom. The minimum absolute atomic E-state index is 0.0993. The Morgan fingerprint density at radius 1 is 1.27 bits per heavy atom. The molecule has 0 fully saturated rings. The van der Waals surface area contributed by atoms with Gasteiger partial charge in [0.2, 0.25) is 0 Å². The fourth-order valence-electron chi connectivity index (χ4n) is 1.42. The topological polar surface area (TPSA) is 36.0 Å². The van der Waals surface area contributed by atoms with Gasteiger partial charge in [-0.1, -0.05) is 11.6 Å². The molecule has 0 saturated heterocycles. The van der Waals surface area contributed by atoms with Crippen molar-refractivity contribution in [1.82, 2.24) is 4.98 Å². The van der Waals surface area contributed by atoms with Gasteiger partial charge in [0, 0.05) is 15.9 Å². The lowest BCUT2D eigenvalue weighted by atomic mass is 10.2. The molecule has 15 heavy (non-hydrogen) atoms. The van der Waals surface area contributed by atoms with Crippen molar-refractivity contribution in [2.24, 2.45) is 0 Å². The molecule has 0 aliphatic heterocycles. The summed E-state index contributed by atoms with van der Waals surface area (Å²) >= 11 is 5.75. The third-order valence-electron chi connectivity index (χ3n) is 2.16. The molecule has 0 saturated carbocycles. The van der Waals surface area contributed by atoms with Crippen LogP contribution >= 0.6 is 11.6 Å². The minimum atomic E-state index is -2.80. The number of benzene rings is 1. The van der Waals surface area contributed by atoms with E-state index in [9.17, 15) is 8.78 Å². The second kappa shape index (κ2) is 3.79. The Bertz CT molecular complexity index is 483. The predicted molar refractivity (Wildman–Crippen MR) is 54.3 cm³/mol. The van der Waals surface area contributed by atoms with E-state index in [1.165, 1.54) is 6.07 Å². The van der Waals surface area contributed by atoms with Crippen LogP contribution in [0, 0.1) is 0 Å². The molecule has 0 bridgehead atoms. The van der Waals surface area contributed by atoms with E-state index in [1.54, 1.807) is 18.2 Å². The number of rotatable bonds is 2. The molecule has 2 N–H and O–H groups in total. The first-order valence-electron chi connectivity index (χ1n) is 4.32. The molecule has 0 aliphatic carbocycles. The third-order valence-corrected chi connectivity index (χ3v) is 2.40. The van der Waals surface area contributed by atoms with E-state index in [4.69, 9.17) is 16.7 Å². The molecule has 0 amide bonds. The SMILES string of the molecule is OC(c1cc2cc(Cl)ccc2[nH]1)C(F)F. The van der Waals surface area contributed by atoms with Crippen LogP contribution in [0.3, 0.4) is 0 Å². The highest BCUT2D eigenvalue weighted by atomic mass is 35.5. The number of hydrogen-bond donors (Lipinski definition) is 2. The Balaban J connectivity index is 2.47. The van der Waals surface area contributed by atoms with E-state index >= 15 is 0 Å². The number of hydrogen-bond acceptors (Lipinski definition) is 1. The van der Waals surface area contributed by atoms with Crippen molar-refractivity contribution in [2.45, 2.75) is 12.5 Å². The Hall–Kier alpha value is -1.13. The highest BCUT2D eigenvalue weighted by molar-refractivity contribution is 6.31. The lowest BCUT2D eigenvalue weighted by Crippen LogP contribution is -2.07. The average molecular weight is 232 g/mol. The van der Waals surface area contributed by atoms with Gasteiger partial charge in [-0.3, -0.25) is 0 Å². The second-order valence-corrected chi connectivity index (χ2v) is 3.67. The summed E-state index contributed by atoms with van der Waals surface area (Å²) < 4.78 is 24.5. The van der Waals surface area contributed by atoms with Gasteiger partial charge in [0.1, 0.15) is 0 Å². The number of aromatic nitrogens is 1. The van der Waals surface area contributed by atoms with E-state index in [0.717, 1.165) is 0 Å². The highest BCUT2D eigenvalue weighted by Gasteiger charge is 2.20. The van der Waals surface area contributed by atoms with Gasteiger partial charge in [0.25, 0.3) is 6.43 Å². The molecule has 0 radical (unpaired) electrons. The molecule has 1 heterocycles. The van der Waals surface area contributed by atoms with Crippen LogP contribution in [-0.2, 0) is 0 Å². The summed E-state index contributed by atoms with van der Waals surface area (Å²) in [6, 6.07) is 6.45. The van der Waals surface area contributed by atoms with Gasteiger partial charge in [-0.05, 0) is 24.3 Å². The lowest BCUT2D eigenvalue weighted by molar-refractivity contribution is -0.00779. The van der Waals surface area contributed by atoms with Crippen LogP contribution in [0.2, 0.25) is 5.02 Å². The van der Waals surface area contributed by atoms with Gasteiger partial charge in [-0.2, -0.15) is 0 Å². The van der Waals surface area contributed by atoms with Crippen LogP contribution in [0.25, 0.3) is 10.9 Å². The summed E-state index contributed by atoms with van der Waals surface area (Å²) in [4.78, 5) is 2.72. The molecule has 5 heteroatoms. The maximum absolute atomic E-state index is 12.2. The molecule has 80 valence electrons. The van der Waals surface area contributed by atoms with E-state index < -0.39 is 12.5 Å². The summed E-state index contributed by atoms with van der Waals surface area (Å²) in [7, 11) is 0. The summed E-state index contributed by atoms with van der Waals surface area (Å²) in [5.41, 5.74) is 0.774. The molecule has 1 unspecified atom stereocenters. The molecule has 0 spiro atoms. The van der Waals surface area contributed by atoms with Crippen LogP contribution in [-0.4, -0.2) is 16.5 Å². The fourth-order valence-corrected chi connectivity index (χ4v) is 1.60. The Morgan fingerprint density at radius 2 is 2.00 bits per heavy atom. The van der Waals surface area contributed by atoms with Gasteiger partial charge in [0.05, 0.1) is 5.69 Å². The highest BCUT2D eigenvalue weighted by Crippen LogP contribution is 2.25. The van der Waals surface area contributed by atoms with Crippen molar-refractivity contribution in [2.75, 3.05) is 0 Å². The van der Waals surface area contributed by atoms with E-state index in [2.05, 4.69) is 4.98 Å². The molecule has 1 aromatic carbocycles. The first-order chi connectivity index (χ1) is 7.08. The van der Waals surface area contributed by atoms with Crippen molar-refractivity contribution in [3.63, 3.8) is 0 Å². The predicted octanol–water partition coefficient (Wildman–Crippen LogP) is 3.12. The summed E-state index contributed by atoms with van der Waals surface area (Å²) in [6.45, 7) is 0. The molecule has 0 aliphatic rings. The maximum Gasteiger partial charge on any atom is 0.269 e. The zero-order valence-corrected chi connectivity index (χ0v) is 8.30. The molecular formula is C10H8ClF2NO. The van der Waals surface area contributed by atoms with Gasteiger partial charge >= 0.3 is 0 Å². The largest absolute Gasteiger partial charge is 0.381 e. The monoisotopic (exact) mass is 231 g/mol. The fraction of sp³-hybridized carbons (Fsp3) is 0.200. The number of alkyl halides is 2. The van der Waals surface area contributed by atoms with Crippen LogP contribution in [0.4, 0.5) is 8.78 Å². The van der Waals surface area contributed by atoms with E-state index in [-0.39, 0.29) is 5.69 Å². The van der Waals surface area contributed by atoms with Crippen molar-refractivity contribution >= 4 is 22.5 Å². The van der Waals surface area contributed by atoms with Crippen molar-refractivity contribution < 1.29 is 13.9 Å². The minimum Gasteiger partial charge on any atom is -0.381 e. The smallest absolute Gasteiger partial charge is 0.269 e. The van der Waals surface area contributed by atoms with Gasteiger partial charge in [-0.15, -0.1) is 0 Å². The lowest BCUT2D eigenvalue weighted by Gasteiger charge is -2.05. The van der Waals surface area contributed by atoms with Gasteiger partial charge in [-0.25, -0.2) is 8.78 Å². The number of halogens is 3. The van der Waals surface area contributed by atoms with Crippen molar-refractivity contribution in [3.8, 4) is 0 Å². The molecular weight excluding hydrogens is 224 g/mol. The zero-order chi connectivity index (χ0) is 11.0. The first-order valence-corrected chi connectivity index (χ1v) is 4.70. The summed E-state index contributed by atoms with van der Waals surface area (Å²) in [5, 5.41) is 10.4. The number of H-pyrrole nitrogens is 1. The third kappa shape index (κ3) is 1.96. The molecule has 1 aromatic heterocycles. The number of nitrogens with one attached hydrogen (secondary N) is 1. The number of aromatic amines is 1. The van der Waals surface area contributed by atoms with Crippen molar-refractivity contribution in [3.05, 3.63) is 35.0 Å². The zero-order valence-electron chi connectivity index (χ0n) is 7.55. The molecule has 2 nitrogen and oxygen atoms in total. The van der Waals surface area contributed by atoms with Crippen LogP contribution in [0.1, 0.15) is 11.8 Å². The summed E-state index contributed by atoms with van der Waals surface area (Å²) in [6.07, 6.45) is -4.58. The molecule has 2 rings (SSSR count). The Labute approximate surface area is 89.5 Å². The maximum atomic E-state index is 12.2. The first kappa shape index (κ1) is 10.4. The van der Waals surface area contributed by atoms with E-state index in [0.29, 0.717) is 15.9 Å². The van der Waals surface area contributed by atoms with Crippen molar-refractivity contribution in [1.29, 1.82) is 0 Å². The van der Waals surface area contributed by atoms with Crippen LogP contribution in [0.15, 0.2) is 24.3 Å². The van der Waals surface area contributed by atoms with Crippen LogP contribution in [0.5, 0.6) is 0 Å². The average Bonchev–Trinajstić information content (AvgIpc) is 2.58. The molecule has 2 aromatic rings. The number of fused-ring (bicyclic) bond motifs is 1. The van der Waals surface area contributed by atoms with Gasteiger partial charge < -0.3 is 10.1 Å². The normalized spacial score (nSPS) is 13.7. The van der Waals surface area contributed by atoms with Gasteiger partial charge in [0.15, 0.2) is 6.10 Å².